The highest BCUT2D eigenvalue weighted by Crippen LogP contribution is 2.25. The van der Waals surface area contributed by atoms with Gasteiger partial charge in [-0.2, -0.15) is 15.0 Å². The monoisotopic (exact) mass is 559 g/mol. The van der Waals surface area contributed by atoms with Crippen LogP contribution in [0.3, 0.4) is 0 Å². The van der Waals surface area contributed by atoms with E-state index in [0.29, 0.717) is 54.4 Å². The first-order valence-corrected chi connectivity index (χ1v) is 13.9. The van der Waals surface area contributed by atoms with Gasteiger partial charge in [-0.3, -0.25) is 4.79 Å². The SMILES string of the molecule is CN(C)CCN(C)C(=O)c1ccc(NC(=O)Nc2ccc(-c3nc(N4CCC4)nc(N4CCOCC4)n3)cc2)cc1. The van der Waals surface area contributed by atoms with Crippen LogP contribution >= 0.6 is 0 Å². The molecule has 2 aliphatic heterocycles. The lowest BCUT2D eigenvalue weighted by molar-refractivity contribution is 0.0786. The van der Waals surface area contributed by atoms with E-state index in [-0.39, 0.29) is 11.9 Å². The molecule has 2 saturated heterocycles. The second-order valence-corrected chi connectivity index (χ2v) is 10.5. The fraction of sp³-hybridized carbons (Fsp3) is 0.414. The van der Waals surface area contributed by atoms with Crippen molar-refractivity contribution in [2.75, 3.05) is 94.1 Å². The van der Waals surface area contributed by atoms with Crippen molar-refractivity contribution in [2.24, 2.45) is 0 Å². The number of amides is 3. The van der Waals surface area contributed by atoms with Gasteiger partial charge in [0.05, 0.1) is 13.2 Å². The second-order valence-electron chi connectivity index (χ2n) is 10.5. The average Bonchev–Trinajstić information content (AvgIpc) is 2.95. The number of morpholine rings is 1. The maximum absolute atomic E-state index is 12.6. The summed E-state index contributed by atoms with van der Waals surface area (Å²) in [5.74, 6) is 1.89. The topological polar surface area (TPSA) is 119 Å². The average molecular weight is 560 g/mol. The standard InChI is InChI=1S/C29H37N9O3/c1-35(2)15-16-36(3)26(39)22-7-11-24(12-8-22)31-29(40)30-23-9-5-21(6-10-23)25-32-27(37-13-4-14-37)34-28(33-25)38-17-19-41-20-18-38/h5-12H,4,13-20H2,1-3H3,(H2,30,31,40). The largest absolute Gasteiger partial charge is 0.378 e. The van der Waals surface area contributed by atoms with E-state index in [1.165, 1.54) is 0 Å². The molecule has 0 atom stereocenters. The number of aromatic nitrogens is 3. The van der Waals surface area contributed by atoms with Gasteiger partial charge in [0.25, 0.3) is 5.91 Å². The van der Waals surface area contributed by atoms with Gasteiger partial charge in [0.2, 0.25) is 11.9 Å². The molecule has 3 heterocycles. The van der Waals surface area contributed by atoms with Crippen molar-refractivity contribution in [3.63, 3.8) is 0 Å². The van der Waals surface area contributed by atoms with Crippen LogP contribution in [0.5, 0.6) is 0 Å². The van der Waals surface area contributed by atoms with Gasteiger partial charge in [-0.25, -0.2) is 4.79 Å². The van der Waals surface area contributed by atoms with Gasteiger partial charge in [0, 0.05) is 68.8 Å². The zero-order valence-electron chi connectivity index (χ0n) is 23.8. The molecule has 3 amide bonds. The van der Waals surface area contributed by atoms with Crippen molar-refractivity contribution in [1.29, 1.82) is 0 Å². The highest BCUT2D eigenvalue weighted by molar-refractivity contribution is 6.00. The summed E-state index contributed by atoms with van der Waals surface area (Å²) in [6.45, 7) is 6.09. The molecule has 2 aromatic carbocycles. The number of benzene rings is 2. The van der Waals surface area contributed by atoms with Gasteiger partial charge < -0.3 is 35.0 Å². The lowest BCUT2D eigenvalue weighted by Gasteiger charge is -2.32. The molecule has 0 aliphatic carbocycles. The maximum Gasteiger partial charge on any atom is 0.323 e. The summed E-state index contributed by atoms with van der Waals surface area (Å²) in [7, 11) is 5.73. The highest BCUT2D eigenvalue weighted by atomic mass is 16.5. The van der Waals surface area contributed by atoms with E-state index in [2.05, 4.69) is 20.4 Å². The van der Waals surface area contributed by atoms with Crippen LogP contribution in [0.2, 0.25) is 0 Å². The van der Waals surface area contributed by atoms with E-state index < -0.39 is 0 Å². The number of urea groups is 1. The molecule has 0 saturated carbocycles. The number of anilines is 4. The maximum atomic E-state index is 12.6. The highest BCUT2D eigenvalue weighted by Gasteiger charge is 2.23. The van der Waals surface area contributed by atoms with E-state index >= 15 is 0 Å². The van der Waals surface area contributed by atoms with Crippen LogP contribution in [0, 0.1) is 0 Å². The van der Waals surface area contributed by atoms with Crippen LogP contribution < -0.4 is 20.4 Å². The molecule has 0 unspecified atom stereocenters. The number of hydrogen-bond acceptors (Lipinski definition) is 9. The number of ether oxygens (including phenoxy) is 1. The smallest absolute Gasteiger partial charge is 0.323 e. The van der Waals surface area contributed by atoms with Crippen molar-refractivity contribution in [2.45, 2.75) is 6.42 Å². The van der Waals surface area contributed by atoms with Gasteiger partial charge >= 0.3 is 6.03 Å². The Morgan fingerprint density at radius 3 is 1.88 bits per heavy atom. The molecular formula is C29H37N9O3. The zero-order valence-corrected chi connectivity index (χ0v) is 23.8. The Kier molecular flexibility index (Phi) is 8.90. The third-order valence-corrected chi connectivity index (χ3v) is 7.06. The Hall–Kier alpha value is -4.29. The van der Waals surface area contributed by atoms with Gasteiger partial charge in [0.15, 0.2) is 5.82 Å². The van der Waals surface area contributed by atoms with Crippen LogP contribution in [0.15, 0.2) is 48.5 Å². The quantitative estimate of drug-likeness (QED) is 0.408. The number of likely N-dealkylation sites (N-methyl/N-ethyl adjacent to an activating group) is 2. The Morgan fingerprint density at radius 1 is 0.780 bits per heavy atom. The molecule has 216 valence electrons. The van der Waals surface area contributed by atoms with Crippen molar-refractivity contribution >= 4 is 35.2 Å². The molecule has 0 bridgehead atoms. The molecule has 2 aliphatic rings. The molecule has 0 radical (unpaired) electrons. The Balaban J connectivity index is 1.21. The number of hydrogen-bond donors (Lipinski definition) is 2. The normalized spacial score (nSPS) is 14.9. The Labute approximate surface area is 240 Å². The van der Waals surface area contributed by atoms with Crippen LogP contribution in [0.4, 0.5) is 28.1 Å². The summed E-state index contributed by atoms with van der Waals surface area (Å²) in [6.07, 6.45) is 1.13. The molecule has 1 aromatic heterocycles. The molecular weight excluding hydrogens is 522 g/mol. The molecule has 41 heavy (non-hydrogen) atoms. The molecule has 0 spiro atoms. The van der Waals surface area contributed by atoms with Crippen LogP contribution in [0.1, 0.15) is 16.8 Å². The third kappa shape index (κ3) is 7.27. The van der Waals surface area contributed by atoms with Crippen molar-refractivity contribution < 1.29 is 14.3 Å². The number of rotatable bonds is 9. The Morgan fingerprint density at radius 2 is 1.34 bits per heavy atom. The first-order valence-electron chi connectivity index (χ1n) is 13.9. The summed E-state index contributed by atoms with van der Waals surface area (Å²) in [5.41, 5.74) is 2.63. The third-order valence-electron chi connectivity index (χ3n) is 7.06. The van der Waals surface area contributed by atoms with Crippen LogP contribution in [0.25, 0.3) is 11.4 Å². The minimum atomic E-state index is -0.380. The predicted octanol–water partition coefficient (Wildman–Crippen LogP) is 2.86. The minimum absolute atomic E-state index is 0.0600. The van der Waals surface area contributed by atoms with E-state index in [1.807, 2.05) is 43.3 Å². The number of carbonyl (C=O) groups is 2. The molecule has 12 heteroatoms. The summed E-state index contributed by atoms with van der Waals surface area (Å²) in [5, 5.41) is 5.66. The van der Waals surface area contributed by atoms with Crippen molar-refractivity contribution in [3.05, 3.63) is 54.1 Å². The van der Waals surface area contributed by atoms with Crippen LogP contribution in [-0.4, -0.2) is 110 Å². The van der Waals surface area contributed by atoms with Gasteiger partial charge in [-0.05, 0) is 69.0 Å². The second kappa shape index (κ2) is 12.9. The minimum Gasteiger partial charge on any atom is -0.378 e. The first-order chi connectivity index (χ1) is 19.9. The molecule has 3 aromatic rings. The summed E-state index contributed by atoms with van der Waals surface area (Å²) >= 11 is 0. The molecule has 2 fully saturated rings. The van der Waals surface area contributed by atoms with E-state index in [4.69, 9.17) is 19.7 Å². The summed E-state index contributed by atoms with van der Waals surface area (Å²) < 4.78 is 5.49. The number of nitrogens with zero attached hydrogens (tertiary/aromatic N) is 7. The molecule has 5 rings (SSSR count). The lowest BCUT2D eigenvalue weighted by atomic mass is 10.2. The van der Waals surface area contributed by atoms with Gasteiger partial charge in [-0.1, -0.05) is 0 Å². The van der Waals surface area contributed by atoms with Crippen molar-refractivity contribution in [1.82, 2.24) is 24.8 Å². The van der Waals surface area contributed by atoms with Gasteiger partial charge in [-0.15, -0.1) is 0 Å². The van der Waals surface area contributed by atoms with E-state index in [9.17, 15) is 9.59 Å². The lowest BCUT2D eigenvalue weighted by Crippen LogP contribution is -2.40. The first kappa shape index (κ1) is 28.2. The fourth-order valence-electron chi connectivity index (χ4n) is 4.41. The predicted molar refractivity (Wildman–Crippen MR) is 160 cm³/mol. The fourth-order valence-corrected chi connectivity index (χ4v) is 4.41. The molecule has 12 nitrogen and oxygen atoms in total. The molecule has 2 N–H and O–H groups in total. The van der Waals surface area contributed by atoms with Gasteiger partial charge in [0.1, 0.15) is 0 Å². The summed E-state index contributed by atoms with van der Waals surface area (Å²) in [4.78, 5) is 47.5. The summed E-state index contributed by atoms with van der Waals surface area (Å²) in [6, 6.07) is 13.9. The van der Waals surface area contributed by atoms with E-state index in [1.54, 1.807) is 36.2 Å². The van der Waals surface area contributed by atoms with Crippen LogP contribution in [-0.2, 0) is 4.74 Å². The van der Waals surface area contributed by atoms with E-state index in [0.717, 1.165) is 44.7 Å². The Bertz CT molecular complexity index is 1340. The number of carbonyl (C=O) groups excluding carboxylic acids is 2. The number of nitrogens with one attached hydrogen (secondary N) is 2. The van der Waals surface area contributed by atoms with Crippen molar-refractivity contribution in [3.8, 4) is 11.4 Å². The zero-order chi connectivity index (χ0) is 28.8.